The molecule has 0 fully saturated rings. The molecule has 118 valence electrons. The van der Waals surface area contributed by atoms with E-state index in [2.05, 4.69) is 0 Å². The van der Waals surface area contributed by atoms with Gasteiger partial charge in [0.1, 0.15) is 5.75 Å². The molecule has 0 aliphatic carbocycles. The molecule has 1 N–H and O–H groups in total. The molecular formula is C18H22O4. The highest BCUT2D eigenvalue weighted by atomic mass is 16.5. The second-order valence-corrected chi connectivity index (χ2v) is 5.01. The van der Waals surface area contributed by atoms with Crippen LogP contribution in [-0.4, -0.2) is 33.0 Å². The van der Waals surface area contributed by atoms with Crippen LogP contribution in [0.4, 0.5) is 0 Å². The van der Waals surface area contributed by atoms with Crippen molar-refractivity contribution in [1.82, 2.24) is 0 Å². The first-order valence-corrected chi connectivity index (χ1v) is 7.18. The van der Waals surface area contributed by atoms with Gasteiger partial charge in [0.05, 0.1) is 27.9 Å². The fourth-order valence-electron chi connectivity index (χ4n) is 2.57. The molecule has 4 nitrogen and oxygen atoms in total. The van der Waals surface area contributed by atoms with Gasteiger partial charge in [0.25, 0.3) is 0 Å². The summed E-state index contributed by atoms with van der Waals surface area (Å²) in [4.78, 5) is 0. The Balaban J connectivity index is 2.27. The molecule has 0 heterocycles. The number of hydrogen-bond acceptors (Lipinski definition) is 4. The van der Waals surface area contributed by atoms with Crippen LogP contribution in [0.5, 0.6) is 17.2 Å². The molecular weight excluding hydrogens is 280 g/mol. The summed E-state index contributed by atoms with van der Waals surface area (Å²) in [6.45, 7) is 0.0503. The third-order valence-corrected chi connectivity index (χ3v) is 3.73. The van der Waals surface area contributed by atoms with Gasteiger partial charge in [0.15, 0.2) is 11.5 Å². The number of benzene rings is 2. The molecule has 0 aliphatic rings. The monoisotopic (exact) mass is 302 g/mol. The van der Waals surface area contributed by atoms with Crippen LogP contribution in [0.1, 0.15) is 17.0 Å². The highest BCUT2D eigenvalue weighted by Gasteiger charge is 2.16. The summed E-state index contributed by atoms with van der Waals surface area (Å²) < 4.78 is 16.0. The van der Waals surface area contributed by atoms with Crippen molar-refractivity contribution < 1.29 is 19.3 Å². The zero-order chi connectivity index (χ0) is 15.9. The van der Waals surface area contributed by atoms with E-state index in [4.69, 9.17) is 14.2 Å². The van der Waals surface area contributed by atoms with Crippen LogP contribution in [0.25, 0.3) is 0 Å². The van der Waals surface area contributed by atoms with Crippen molar-refractivity contribution in [3.63, 3.8) is 0 Å². The van der Waals surface area contributed by atoms with Crippen LogP contribution in [0.2, 0.25) is 0 Å². The van der Waals surface area contributed by atoms with Crippen LogP contribution in [-0.2, 0) is 6.42 Å². The Morgan fingerprint density at radius 2 is 1.55 bits per heavy atom. The third-order valence-electron chi connectivity index (χ3n) is 3.73. The van der Waals surface area contributed by atoms with Crippen LogP contribution < -0.4 is 14.2 Å². The van der Waals surface area contributed by atoms with Crippen LogP contribution in [0, 0.1) is 0 Å². The highest BCUT2D eigenvalue weighted by molar-refractivity contribution is 5.44. The Bertz CT molecular complexity index is 610. The van der Waals surface area contributed by atoms with Gasteiger partial charge in [-0.15, -0.1) is 0 Å². The molecule has 1 atom stereocenters. The van der Waals surface area contributed by atoms with E-state index in [9.17, 15) is 5.11 Å². The van der Waals surface area contributed by atoms with E-state index in [1.165, 1.54) is 0 Å². The molecule has 22 heavy (non-hydrogen) atoms. The maximum Gasteiger partial charge on any atom is 0.160 e. The van der Waals surface area contributed by atoms with E-state index in [1.54, 1.807) is 21.3 Å². The normalized spacial score (nSPS) is 11.8. The minimum atomic E-state index is -0.0331. The van der Waals surface area contributed by atoms with Crippen molar-refractivity contribution in [3.05, 3.63) is 53.6 Å². The van der Waals surface area contributed by atoms with Crippen LogP contribution in [0.15, 0.2) is 42.5 Å². The smallest absolute Gasteiger partial charge is 0.160 e. The van der Waals surface area contributed by atoms with Crippen molar-refractivity contribution in [2.75, 3.05) is 27.9 Å². The molecule has 0 spiro atoms. The van der Waals surface area contributed by atoms with E-state index >= 15 is 0 Å². The lowest BCUT2D eigenvalue weighted by molar-refractivity contribution is 0.261. The van der Waals surface area contributed by atoms with Gasteiger partial charge >= 0.3 is 0 Å². The highest BCUT2D eigenvalue weighted by Crippen LogP contribution is 2.32. The molecule has 0 bridgehead atoms. The summed E-state index contributed by atoms with van der Waals surface area (Å²) in [5.74, 6) is 2.15. The second kappa shape index (κ2) is 7.71. The Morgan fingerprint density at radius 3 is 2.18 bits per heavy atom. The fraction of sp³-hybridized carbons (Fsp3) is 0.333. The van der Waals surface area contributed by atoms with Crippen molar-refractivity contribution in [1.29, 1.82) is 0 Å². The third kappa shape index (κ3) is 3.52. The number of aliphatic hydroxyl groups is 1. The first-order chi connectivity index (χ1) is 10.7. The van der Waals surface area contributed by atoms with Gasteiger partial charge in [0.2, 0.25) is 0 Å². The van der Waals surface area contributed by atoms with E-state index in [-0.39, 0.29) is 12.5 Å². The lowest BCUT2D eigenvalue weighted by Crippen LogP contribution is -2.09. The van der Waals surface area contributed by atoms with E-state index in [0.29, 0.717) is 17.9 Å². The second-order valence-electron chi connectivity index (χ2n) is 5.01. The molecule has 2 aromatic carbocycles. The maximum absolute atomic E-state index is 9.78. The lowest BCUT2D eigenvalue weighted by Gasteiger charge is -2.18. The van der Waals surface area contributed by atoms with Crippen LogP contribution >= 0.6 is 0 Å². The summed E-state index contributed by atoms with van der Waals surface area (Å²) >= 11 is 0. The fourth-order valence-corrected chi connectivity index (χ4v) is 2.57. The number of ether oxygens (including phenoxy) is 3. The number of aliphatic hydroxyl groups excluding tert-OH is 1. The predicted molar refractivity (Wildman–Crippen MR) is 86.1 cm³/mol. The van der Waals surface area contributed by atoms with Gasteiger partial charge in [0, 0.05) is 5.92 Å². The Labute approximate surface area is 131 Å². The zero-order valence-electron chi connectivity index (χ0n) is 13.2. The SMILES string of the molecule is COc1ccc(CC(CO)c2ccccc2OC)cc1OC. The van der Waals surface area contributed by atoms with E-state index in [1.807, 2.05) is 42.5 Å². The molecule has 0 saturated heterocycles. The number of methoxy groups -OCH3 is 3. The van der Waals surface area contributed by atoms with E-state index in [0.717, 1.165) is 16.9 Å². The molecule has 1 unspecified atom stereocenters. The summed E-state index contributed by atoms with van der Waals surface area (Å²) in [6, 6.07) is 13.6. The zero-order valence-corrected chi connectivity index (χ0v) is 13.2. The van der Waals surface area contributed by atoms with Gasteiger partial charge in [-0.05, 0) is 35.7 Å². The molecule has 0 aliphatic heterocycles. The molecule has 0 radical (unpaired) electrons. The number of hydrogen-bond donors (Lipinski definition) is 1. The van der Waals surface area contributed by atoms with Gasteiger partial charge in [-0.2, -0.15) is 0 Å². The average molecular weight is 302 g/mol. The summed E-state index contributed by atoms with van der Waals surface area (Å²) in [7, 11) is 4.87. The minimum Gasteiger partial charge on any atom is -0.496 e. The molecule has 2 aromatic rings. The molecule has 0 aromatic heterocycles. The number of rotatable bonds is 7. The first-order valence-electron chi connectivity index (χ1n) is 7.18. The predicted octanol–water partition coefficient (Wildman–Crippen LogP) is 3.03. The largest absolute Gasteiger partial charge is 0.496 e. The van der Waals surface area contributed by atoms with Crippen molar-refractivity contribution >= 4 is 0 Å². The van der Waals surface area contributed by atoms with Gasteiger partial charge in [-0.25, -0.2) is 0 Å². The van der Waals surface area contributed by atoms with Crippen molar-refractivity contribution in [2.24, 2.45) is 0 Å². The lowest BCUT2D eigenvalue weighted by atomic mass is 9.92. The van der Waals surface area contributed by atoms with Crippen molar-refractivity contribution in [2.45, 2.75) is 12.3 Å². The molecule has 0 saturated carbocycles. The summed E-state index contributed by atoms with van der Waals surface area (Å²) in [6.07, 6.45) is 0.692. The summed E-state index contributed by atoms with van der Waals surface area (Å²) in [5.41, 5.74) is 2.07. The van der Waals surface area contributed by atoms with E-state index < -0.39 is 0 Å². The Hall–Kier alpha value is -2.20. The molecule has 2 rings (SSSR count). The van der Waals surface area contributed by atoms with Crippen LogP contribution in [0.3, 0.4) is 0 Å². The van der Waals surface area contributed by atoms with Gasteiger partial charge in [-0.3, -0.25) is 0 Å². The average Bonchev–Trinajstić information content (AvgIpc) is 2.59. The van der Waals surface area contributed by atoms with Gasteiger partial charge < -0.3 is 19.3 Å². The minimum absolute atomic E-state index is 0.0331. The number of para-hydroxylation sites is 1. The Kier molecular flexibility index (Phi) is 5.67. The maximum atomic E-state index is 9.78. The molecule has 4 heteroatoms. The topological polar surface area (TPSA) is 47.9 Å². The first kappa shape index (κ1) is 16.2. The van der Waals surface area contributed by atoms with Gasteiger partial charge in [-0.1, -0.05) is 24.3 Å². The standard InChI is InChI=1S/C18H22O4/c1-20-16-7-5-4-6-15(16)14(12-19)10-13-8-9-17(21-2)18(11-13)22-3/h4-9,11,14,19H,10,12H2,1-3H3. The Morgan fingerprint density at radius 1 is 0.864 bits per heavy atom. The molecule has 0 amide bonds. The summed E-state index contributed by atoms with van der Waals surface area (Å²) in [5, 5.41) is 9.78. The van der Waals surface area contributed by atoms with Crippen molar-refractivity contribution in [3.8, 4) is 17.2 Å². The quantitative estimate of drug-likeness (QED) is 0.854.